The van der Waals surface area contributed by atoms with Gasteiger partial charge in [-0.05, 0) is 13.3 Å². The van der Waals surface area contributed by atoms with Gasteiger partial charge in [0.1, 0.15) is 5.52 Å². The Morgan fingerprint density at radius 3 is 2.67 bits per heavy atom. The summed E-state index contributed by atoms with van der Waals surface area (Å²) in [7, 11) is 1.76. The van der Waals surface area contributed by atoms with Crippen molar-refractivity contribution in [2.75, 3.05) is 0 Å². The molecule has 108 valence electrons. The predicted molar refractivity (Wildman–Crippen MR) is 78.0 cm³/mol. The second-order valence-corrected chi connectivity index (χ2v) is 4.95. The topological polar surface area (TPSA) is 78.5 Å². The van der Waals surface area contributed by atoms with Crippen molar-refractivity contribution in [3.8, 4) is 0 Å². The fourth-order valence-electron chi connectivity index (χ4n) is 2.29. The molecule has 3 aromatic rings. The van der Waals surface area contributed by atoms with Gasteiger partial charge in [0.2, 0.25) is 0 Å². The summed E-state index contributed by atoms with van der Waals surface area (Å²) in [5.41, 5.74) is 3.50. The van der Waals surface area contributed by atoms with E-state index in [1.165, 1.54) is 4.57 Å². The summed E-state index contributed by atoms with van der Waals surface area (Å²) in [5, 5.41) is 4.34. The number of rotatable bonds is 3. The molecule has 0 unspecified atom stereocenters. The zero-order valence-electron chi connectivity index (χ0n) is 12.2. The first kappa shape index (κ1) is 13.4. The van der Waals surface area contributed by atoms with E-state index in [-0.39, 0.29) is 5.56 Å². The van der Waals surface area contributed by atoms with Gasteiger partial charge < -0.3 is 0 Å². The molecule has 3 heterocycles. The lowest BCUT2D eigenvalue weighted by molar-refractivity contribution is 0.710. The minimum Gasteiger partial charge on any atom is -0.291 e. The molecule has 3 aromatic heterocycles. The van der Waals surface area contributed by atoms with Crippen LogP contribution in [0.15, 0.2) is 23.5 Å². The van der Waals surface area contributed by atoms with Gasteiger partial charge in [-0.1, -0.05) is 6.92 Å². The van der Waals surface area contributed by atoms with Crippen molar-refractivity contribution in [3.63, 3.8) is 0 Å². The number of aromatic nitrogens is 6. The van der Waals surface area contributed by atoms with Crippen LogP contribution in [-0.4, -0.2) is 29.3 Å². The standard InChI is InChI=1S/C14H16N6O/c1-4-11-12-13(19(3)18-11)14(21)20(8-17-12)7-10-6-15-9(2)5-16-10/h5-6,8H,4,7H2,1-3H3. The van der Waals surface area contributed by atoms with Gasteiger partial charge in [-0.15, -0.1) is 0 Å². The molecule has 0 fully saturated rings. The van der Waals surface area contributed by atoms with Crippen molar-refractivity contribution < 1.29 is 0 Å². The van der Waals surface area contributed by atoms with Crippen LogP contribution in [0.25, 0.3) is 11.0 Å². The van der Waals surface area contributed by atoms with E-state index in [1.807, 2.05) is 13.8 Å². The molecule has 0 saturated heterocycles. The maximum Gasteiger partial charge on any atom is 0.279 e. The summed E-state index contributed by atoms with van der Waals surface area (Å²) >= 11 is 0. The van der Waals surface area contributed by atoms with Gasteiger partial charge in [-0.2, -0.15) is 5.10 Å². The highest BCUT2D eigenvalue weighted by molar-refractivity contribution is 5.76. The van der Waals surface area contributed by atoms with Crippen LogP contribution in [0.5, 0.6) is 0 Å². The summed E-state index contributed by atoms with van der Waals surface area (Å²) in [5.74, 6) is 0. The van der Waals surface area contributed by atoms with Gasteiger partial charge >= 0.3 is 0 Å². The molecule has 0 aliphatic carbocycles. The first-order chi connectivity index (χ1) is 10.1. The highest BCUT2D eigenvalue weighted by Crippen LogP contribution is 2.11. The number of nitrogens with zero attached hydrogens (tertiary/aromatic N) is 6. The SMILES string of the molecule is CCc1nn(C)c2c(=O)n(Cc3cnc(C)cn3)cnc12. The third-order valence-electron chi connectivity index (χ3n) is 3.38. The fraction of sp³-hybridized carbons (Fsp3) is 0.357. The number of hydrogen-bond acceptors (Lipinski definition) is 5. The lowest BCUT2D eigenvalue weighted by atomic mass is 10.3. The van der Waals surface area contributed by atoms with Crippen molar-refractivity contribution in [2.24, 2.45) is 7.05 Å². The number of hydrogen-bond donors (Lipinski definition) is 0. The van der Waals surface area contributed by atoms with Crippen LogP contribution in [0.4, 0.5) is 0 Å². The second kappa shape index (κ2) is 5.08. The van der Waals surface area contributed by atoms with Crippen LogP contribution < -0.4 is 5.56 Å². The Morgan fingerprint density at radius 2 is 2.00 bits per heavy atom. The summed E-state index contributed by atoms with van der Waals surface area (Å²) in [6.45, 7) is 4.22. The molecule has 21 heavy (non-hydrogen) atoms. The average Bonchev–Trinajstić information content (AvgIpc) is 2.81. The van der Waals surface area contributed by atoms with E-state index in [2.05, 4.69) is 20.1 Å². The smallest absolute Gasteiger partial charge is 0.279 e. The average molecular weight is 284 g/mol. The summed E-state index contributed by atoms with van der Waals surface area (Å²) in [6, 6.07) is 0. The van der Waals surface area contributed by atoms with Crippen molar-refractivity contribution in [1.29, 1.82) is 0 Å². The molecule has 3 rings (SSSR count). The molecule has 0 radical (unpaired) electrons. The van der Waals surface area contributed by atoms with Crippen LogP contribution in [0.1, 0.15) is 24.0 Å². The maximum absolute atomic E-state index is 12.6. The van der Waals surface area contributed by atoms with E-state index < -0.39 is 0 Å². The normalized spacial score (nSPS) is 11.2. The van der Waals surface area contributed by atoms with Gasteiger partial charge in [0, 0.05) is 13.2 Å². The summed E-state index contributed by atoms with van der Waals surface area (Å²) in [4.78, 5) is 25.4. The molecule has 0 bridgehead atoms. The first-order valence-corrected chi connectivity index (χ1v) is 6.78. The zero-order valence-corrected chi connectivity index (χ0v) is 12.2. The van der Waals surface area contributed by atoms with Crippen LogP contribution in [0.3, 0.4) is 0 Å². The monoisotopic (exact) mass is 284 g/mol. The van der Waals surface area contributed by atoms with E-state index in [9.17, 15) is 4.79 Å². The van der Waals surface area contributed by atoms with Gasteiger partial charge in [0.05, 0.1) is 36.2 Å². The predicted octanol–water partition coefficient (Wildman–Crippen LogP) is 0.839. The Hall–Kier alpha value is -2.57. The molecule has 0 aromatic carbocycles. The van der Waals surface area contributed by atoms with Crippen molar-refractivity contribution >= 4 is 11.0 Å². The van der Waals surface area contributed by atoms with Gasteiger partial charge in [-0.3, -0.25) is 24.0 Å². The van der Waals surface area contributed by atoms with Gasteiger partial charge in [-0.25, -0.2) is 4.98 Å². The third-order valence-corrected chi connectivity index (χ3v) is 3.38. The molecule has 0 saturated carbocycles. The molecular weight excluding hydrogens is 268 g/mol. The molecule has 0 atom stereocenters. The van der Waals surface area contributed by atoms with E-state index in [0.717, 1.165) is 23.5 Å². The minimum absolute atomic E-state index is 0.114. The molecule has 0 N–H and O–H groups in total. The zero-order chi connectivity index (χ0) is 15.0. The van der Waals surface area contributed by atoms with Gasteiger partial charge in [0.15, 0.2) is 5.52 Å². The van der Waals surface area contributed by atoms with Gasteiger partial charge in [0.25, 0.3) is 5.56 Å². The Bertz CT molecular complexity index is 846. The van der Waals surface area contributed by atoms with E-state index in [0.29, 0.717) is 17.6 Å². The van der Waals surface area contributed by atoms with Crippen LogP contribution in [0, 0.1) is 6.92 Å². The molecule has 7 nitrogen and oxygen atoms in total. The number of aryl methyl sites for hydroxylation is 3. The van der Waals surface area contributed by atoms with E-state index in [1.54, 1.807) is 30.5 Å². The second-order valence-electron chi connectivity index (χ2n) is 4.95. The van der Waals surface area contributed by atoms with E-state index in [4.69, 9.17) is 0 Å². The van der Waals surface area contributed by atoms with Crippen LogP contribution in [0.2, 0.25) is 0 Å². The molecule has 0 aliphatic rings. The lowest BCUT2D eigenvalue weighted by Crippen LogP contribution is -2.23. The summed E-state index contributed by atoms with van der Waals surface area (Å²) in [6.07, 6.45) is 5.66. The Kier molecular flexibility index (Phi) is 3.25. The largest absolute Gasteiger partial charge is 0.291 e. The van der Waals surface area contributed by atoms with E-state index >= 15 is 0 Å². The highest BCUT2D eigenvalue weighted by Gasteiger charge is 2.14. The molecule has 0 aliphatic heterocycles. The first-order valence-electron chi connectivity index (χ1n) is 6.78. The molecular formula is C14H16N6O. The number of fused-ring (bicyclic) bond motifs is 1. The fourth-order valence-corrected chi connectivity index (χ4v) is 2.29. The Labute approximate surface area is 121 Å². The van der Waals surface area contributed by atoms with Crippen molar-refractivity contribution in [3.05, 3.63) is 46.2 Å². The quantitative estimate of drug-likeness (QED) is 0.712. The van der Waals surface area contributed by atoms with Crippen molar-refractivity contribution in [1.82, 2.24) is 29.3 Å². The maximum atomic E-state index is 12.6. The minimum atomic E-state index is -0.114. The highest BCUT2D eigenvalue weighted by atomic mass is 16.1. The lowest BCUT2D eigenvalue weighted by Gasteiger charge is -2.05. The summed E-state index contributed by atoms with van der Waals surface area (Å²) < 4.78 is 3.13. The molecule has 7 heteroatoms. The molecule has 0 spiro atoms. The molecule has 0 amide bonds. The Balaban J connectivity index is 2.08. The van der Waals surface area contributed by atoms with Crippen molar-refractivity contribution in [2.45, 2.75) is 26.8 Å². The van der Waals surface area contributed by atoms with Crippen LogP contribution in [-0.2, 0) is 20.0 Å². The third kappa shape index (κ3) is 2.31. The Morgan fingerprint density at radius 1 is 1.19 bits per heavy atom. The van der Waals surface area contributed by atoms with Crippen LogP contribution >= 0.6 is 0 Å².